The molecule has 0 amide bonds. The Morgan fingerprint density at radius 3 is 1.69 bits per heavy atom. The summed E-state index contributed by atoms with van der Waals surface area (Å²) in [5, 5.41) is 3.50. The van der Waals surface area contributed by atoms with E-state index in [1.54, 1.807) is 0 Å². The van der Waals surface area contributed by atoms with Crippen molar-refractivity contribution < 1.29 is 0 Å². The number of nitrogens with one attached hydrogen (secondary N) is 1. The van der Waals surface area contributed by atoms with E-state index in [0.717, 1.165) is 21.2 Å². The molecule has 0 radical (unpaired) electrons. The number of fused-ring (bicyclic) bond motifs is 1. The summed E-state index contributed by atoms with van der Waals surface area (Å²) in [4.78, 5) is 2.87. The van der Waals surface area contributed by atoms with Gasteiger partial charge in [0, 0.05) is 10.8 Å². The Morgan fingerprint density at radius 2 is 1.31 bits per heavy atom. The maximum atomic E-state index is 5.74. The van der Waals surface area contributed by atoms with Gasteiger partial charge in [-0.1, -0.05) is 25.3 Å². The molecule has 1 aromatic carbocycles. The van der Waals surface area contributed by atoms with Crippen LogP contribution in [0.3, 0.4) is 0 Å². The molecular weight excluding hydrogens is 162 g/mol. The van der Waals surface area contributed by atoms with Crippen LogP contribution in [0.2, 0.25) is 0 Å². The second-order valence-electron chi connectivity index (χ2n) is 3.09. The molecule has 1 heterocycles. The zero-order valence-electron chi connectivity index (χ0n) is 7.22. The van der Waals surface area contributed by atoms with Crippen LogP contribution in [0.25, 0.3) is 23.9 Å². The van der Waals surface area contributed by atoms with Crippen molar-refractivity contribution in [2.45, 2.75) is 0 Å². The van der Waals surface area contributed by atoms with E-state index >= 15 is 0 Å². The van der Waals surface area contributed by atoms with E-state index in [2.05, 4.69) is 18.1 Å². The second kappa shape index (κ2) is 2.29. The first-order chi connectivity index (χ1) is 6.11. The summed E-state index contributed by atoms with van der Waals surface area (Å²) in [6.07, 6.45) is 0. The summed E-state index contributed by atoms with van der Waals surface area (Å²) in [5.41, 5.74) is 11.5. The number of hydrogen-bond acceptors (Lipinski definition) is 2. The van der Waals surface area contributed by atoms with E-state index < -0.39 is 0 Å². The van der Waals surface area contributed by atoms with Gasteiger partial charge in [0.2, 0.25) is 0 Å². The highest BCUT2D eigenvalue weighted by Crippen LogP contribution is 2.19. The van der Waals surface area contributed by atoms with Crippen molar-refractivity contribution in [3.63, 3.8) is 0 Å². The fraction of sp³-hybridized carbons (Fsp3) is 0. The average molecular weight is 173 g/mol. The number of rotatable bonds is 0. The quantitative estimate of drug-likeness (QED) is 0.531. The van der Waals surface area contributed by atoms with Gasteiger partial charge in [0.15, 0.2) is 0 Å². The van der Waals surface area contributed by atoms with E-state index in [4.69, 9.17) is 11.5 Å². The molecule has 0 saturated heterocycles. The minimum absolute atomic E-state index is 0.558. The molecule has 2 rings (SSSR count). The van der Waals surface area contributed by atoms with Crippen molar-refractivity contribution in [2.24, 2.45) is 0 Å². The standard InChI is InChI=1S/C10H11N3/c1-5-3-4-6(2)8-7(5)9(11)13-10(8)12/h3-4,13H,1-2,11-12H2. The first-order valence-electron chi connectivity index (χ1n) is 3.95. The summed E-state index contributed by atoms with van der Waals surface area (Å²) >= 11 is 0. The highest BCUT2D eigenvalue weighted by molar-refractivity contribution is 6.00. The molecule has 13 heavy (non-hydrogen) atoms. The van der Waals surface area contributed by atoms with Gasteiger partial charge in [0.05, 0.1) is 0 Å². The van der Waals surface area contributed by atoms with Crippen LogP contribution in [0.15, 0.2) is 12.1 Å². The first-order valence-corrected chi connectivity index (χ1v) is 3.95. The van der Waals surface area contributed by atoms with Crippen molar-refractivity contribution >= 4 is 35.6 Å². The molecule has 0 aliphatic rings. The average Bonchev–Trinajstić information content (AvgIpc) is 2.36. The van der Waals surface area contributed by atoms with Crippen LogP contribution in [0.5, 0.6) is 0 Å². The highest BCUT2D eigenvalue weighted by atomic mass is 14.9. The maximum absolute atomic E-state index is 5.74. The van der Waals surface area contributed by atoms with Crippen LogP contribution < -0.4 is 21.9 Å². The molecule has 0 bridgehead atoms. The van der Waals surface area contributed by atoms with Gasteiger partial charge in [-0.25, -0.2) is 0 Å². The number of aromatic nitrogens is 1. The third-order valence-corrected chi connectivity index (χ3v) is 2.19. The minimum Gasteiger partial charge on any atom is -0.385 e. The van der Waals surface area contributed by atoms with Gasteiger partial charge in [-0.3, -0.25) is 0 Å². The lowest BCUT2D eigenvalue weighted by molar-refractivity contribution is 1.43. The third kappa shape index (κ3) is 0.902. The lowest BCUT2D eigenvalue weighted by Crippen LogP contribution is -2.08. The molecule has 0 aliphatic heterocycles. The zero-order valence-corrected chi connectivity index (χ0v) is 7.22. The molecule has 0 aliphatic carbocycles. The Hall–Kier alpha value is -1.90. The van der Waals surface area contributed by atoms with Crippen molar-refractivity contribution in [1.82, 2.24) is 4.98 Å². The molecule has 2 aromatic rings. The molecule has 3 heteroatoms. The van der Waals surface area contributed by atoms with Crippen LogP contribution >= 0.6 is 0 Å². The van der Waals surface area contributed by atoms with Crippen LogP contribution in [0.1, 0.15) is 0 Å². The molecule has 3 nitrogen and oxygen atoms in total. The number of aromatic amines is 1. The largest absolute Gasteiger partial charge is 0.385 e. The van der Waals surface area contributed by atoms with Crippen molar-refractivity contribution in [3.8, 4) is 0 Å². The van der Waals surface area contributed by atoms with E-state index in [1.165, 1.54) is 0 Å². The van der Waals surface area contributed by atoms with Crippen molar-refractivity contribution in [1.29, 1.82) is 0 Å². The number of H-pyrrole nitrogens is 1. The van der Waals surface area contributed by atoms with Crippen LogP contribution in [0, 0.1) is 0 Å². The number of benzene rings is 1. The van der Waals surface area contributed by atoms with Gasteiger partial charge < -0.3 is 16.5 Å². The van der Waals surface area contributed by atoms with Gasteiger partial charge >= 0.3 is 0 Å². The van der Waals surface area contributed by atoms with Gasteiger partial charge in [-0.2, -0.15) is 0 Å². The topological polar surface area (TPSA) is 67.8 Å². The minimum atomic E-state index is 0.558. The molecule has 1 aromatic heterocycles. The molecular formula is C10H11N3. The maximum Gasteiger partial charge on any atom is 0.110 e. The van der Waals surface area contributed by atoms with Gasteiger partial charge in [-0.05, 0) is 10.4 Å². The lowest BCUT2D eigenvalue weighted by Gasteiger charge is -1.93. The van der Waals surface area contributed by atoms with Crippen molar-refractivity contribution in [2.75, 3.05) is 11.5 Å². The highest BCUT2D eigenvalue weighted by Gasteiger charge is 2.05. The Morgan fingerprint density at radius 1 is 0.923 bits per heavy atom. The van der Waals surface area contributed by atoms with Gasteiger partial charge in [0.25, 0.3) is 0 Å². The molecule has 0 fully saturated rings. The Balaban J connectivity index is 3.22. The first kappa shape index (κ1) is 7.73. The van der Waals surface area contributed by atoms with E-state index in [1.807, 2.05) is 12.1 Å². The molecule has 0 spiro atoms. The zero-order chi connectivity index (χ0) is 9.59. The Labute approximate surface area is 75.4 Å². The van der Waals surface area contributed by atoms with E-state index in [9.17, 15) is 0 Å². The number of nitrogens with two attached hydrogens (primary N) is 2. The smallest absolute Gasteiger partial charge is 0.110 e. The van der Waals surface area contributed by atoms with Gasteiger partial charge in [0.1, 0.15) is 11.6 Å². The summed E-state index contributed by atoms with van der Waals surface area (Å²) < 4.78 is 0. The Bertz CT molecular complexity index is 516. The van der Waals surface area contributed by atoms with E-state index in [-0.39, 0.29) is 0 Å². The number of hydrogen-bond donors (Lipinski definition) is 3. The SMILES string of the molecule is C=c1ccc(=C)c2c(N)[nH]c(N)c12. The number of nitrogen functional groups attached to an aromatic ring is 2. The molecule has 0 saturated carbocycles. The van der Waals surface area contributed by atoms with Crippen molar-refractivity contribution in [3.05, 3.63) is 22.6 Å². The fourth-order valence-electron chi connectivity index (χ4n) is 1.57. The fourth-order valence-corrected chi connectivity index (χ4v) is 1.57. The summed E-state index contributed by atoms with van der Waals surface area (Å²) in [6.45, 7) is 7.76. The molecule has 66 valence electrons. The number of anilines is 2. The Kier molecular flexibility index (Phi) is 1.36. The third-order valence-electron chi connectivity index (χ3n) is 2.19. The molecule has 0 atom stereocenters. The molecule has 0 unspecified atom stereocenters. The van der Waals surface area contributed by atoms with Crippen LogP contribution in [-0.4, -0.2) is 4.98 Å². The van der Waals surface area contributed by atoms with E-state index in [0.29, 0.717) is 11.6 Å². The summed E-state index contributed by atoms with van der Waals surface area (Å²) in [6, 6.07) is 3.77. The summed E-state index contributed by atoms with van der Waals surface area (Å²) in [7, 11) is 0. The normalized spacial score (nSPS) is 10.8. The predicted molar refractivity (Wildman–Crippen MR) is 57.4 cm³/mol. The molecule has 5 N–H and O–H groups in total. The lowest BCUT2D eigenvalue weighted by atomic mass is 10.1. The predicted octanol–water partition coefficient (Wildman–Crippen LogP) is 0.153. The monoisotopic (exact) mass is 173 g/mol. The van der Waals surface area contributed by atoms with Crippen LogP contribution in [-0.2, 0) is 0 Å². The summed E-state index contributed by atoms with van der Waals surface area (Å²) in [5.74, 6) is 1.12. The second-order valence-corrected chi connectivity index (χ2v) is 3.09. The van der Waals surface area contributed by atoms with Gasteiger partial charge in [-0.15, -0.1) is 0 Å². The van der Waals surface area contributed by atoms with Crippen LogP contribution in [0.4, 0.5) is 11.6 Å².